The molecule has 0 unspecified atom stereocenters. The molecule has 1 fully saturated rings. The monoisotopic (exact) mass is 517 g/mol. The van der Waals surface area contributed by atoms with E-state index in [1.165, 1.54) is 0 Å². The first-order valence-corrected chi connectivity index (χ1v) is 12.5. The number of urea groups is 1. The molecule has 2 aromatic carbocycles. The molecule has 178 valence electrons. The molecule has 4 rings (SSSR count). The fourth-order valence-electron chi connectivity index (χ4n) is 3.98. The van der Waals surface area contributed by atoms with Gasteiger partial charge >= 0.3 is 6.03 Å². The Kier molecular flexibility index (Phi) is 7.40. The first kappa shape index (κ1) is 24.4. The van der Waals surface area contributed by atoms with Crippen molar-refractivity contribution in [1.82, 2.24) is 9.80 Å². The molecule has 2 N–H and O–H groups in total. The van der Waals surface area contributed by atoms with Crippen LogP contribution in [0.2, 0.25) is 10.0 Å². The minimum atomic E-state index is -0.411. The summed E-state index contributed by atoms with van der Waals surface area (Å²) in [6.45, 7) is 2.69. The predicted molar refractivity (Wildman–Crippen MR) is 141 cm³/mol. The molecule has 3 amide bonds. The Hall–Kier alpha value is -2.68. The van der Waals surface area contributed by atoms with Crippen LogP contribution < -0.4 is 10.6 Å². The summed E-state index contributed by atoms with van der Waals surface area (Å²) in [6, 6.07) is 11.8. The van der Waals surface area contributed by atoms with Gasteiger partial charge < -0.3 is 20.4 Å². The first-order valence-electron chi connectivity index (χ1n) is 10.8. The average Bonchev–Trinajstić information content (AvgIpc) is 2.80. The van der Waals surface area contributed by atoms with E-state index in [0.717, 1.165) is 35.1 Å². The summed E-state index contributed by atoms with van der Waals surface area (Å²) < 4.78 is 0. The second-order valence-corrected chi connectivity index (χ2v) is 10.1. The summed E-state index contributed by atoms with van der Waals surface area (Å²) >= 11 is 13.7. The van der Waals surface area contributed by atoms with Gasteiger partial charge in [-0.25, -0.2) is 9.79 Å². The minimum absolute atomic E-state index is 0.0726. The second kappa shape index (κ2) is 10.3. The van der Waals surface area contributed by atoms with Gasteiger partial charge in [0, 0.05) is 37.8 Å². The molecule has 2 heterocycles. The van der Waals surface area contributed by atoms with E-state index in [1.54, 1.807) is 49.0 Å². The van der Waals surface area contributed by atoms with E-state index in [2.05, 4.69) is 15.5 Å². The number of anilines is 2. The lowest BCUT2D eigenvalue weighted by molar-refractivity contribution is -0.125. The van der Waals surface area contributed by atoms with Crippen LogP contribution in [0.5, 0.6) is 0 Å². The molecule has 1 atom stereocenters. The largest absolute Gasteiger partial charge is 0.345 e. The highest BCUT2D eigenvalue weighted by molar-refractivity contribution is 8.13. The molecular formula is C24H25Cl2N5O2S. The summed E-state index contributed by atoms with van der Waals surface area (Å²) in [6.07, 6.45) is 1.01. The van der Waals surface area contributed by atoms with E-state index in [1.807, 2.05) is 31.2 Å². The van der Waals surface area contributed by atoms with Crippen LogP contribution in [0.1, 0.15) is 24.9 Å². The fraction of sp³-hybridized carbons (Fsp3) is 0.292. The number of aliphatic imine (C=N–C) groups is 1. The van der Waals surface area contributed by atoms with Crippen molar-refractivity contribution in [2.24, 2.45) is 4.99 Å². The molecule has 2 aromatic rings. The maximum Gasteiger partial charge on any atom is 0.323 e. The predicted octanol–water partition coefficient (Wildman–Crippen LogP) is 5.85. The van der Waals surface area contributed by atoms with Crippen molar-refractivity contribution in [3.8, 4) is 0 Å². The molecule has 0 aromatic heterocycles. The maximum atomic E-state index is 13.1. The van der Waals surface area contributed by atoms with Gasteiger partial charge in [0.05, 0.1) is 27.4 Å². The van der Waals surface area contributed by atoms with Crippen molar-refractivity contribution in [3.05, 3.63) is 69.3 Å². The van der Waals surface area contributed by atoms with E-state index < -0.39 is 6.03 Å². The van der Waals surface area contributed by atoms with Gasteiger partial charge in [-0.2, -0.15) is 0 Å². The Bertz CT molecular complexity index is 1200. The van der Waals surface area contributed by atoms with Gasteiger partial charge in [-0.15, -0.1) is 0 Å². The number of nitrogens with one attached hydrogen (secondary N) is 2. The summed E-state index contributed by atoms with van der Waals surface area (Å²) in [7, 11) is 3.49. The normalized spacial score (nSPS) is 17.6. The van der Waals surface area contributed by atoms with Gasteiger partial charge in [0.25, 0.3) is 5.91 Å². The number of hydrogen-bond donors (Lipinski definition) is 2. The molecule has 7 nitrogen and oxygen atoms in total. The average molecular weight is 518 g/mol. The third-order valence-electron chi connectivity index (χ3n) is 5.53. The number of thioether (sulfide) groups is 1. The van der Waals surface area contributed by atoms with Gasteiger partial charge in [0.2, 0.25) is 0 Å². The van der Waals surface area contributed by atoms with E-state index in [-0.39, 0.29) is 11.9 Å². The van der Waals surface area contributed by atoms with Crippen LogP contribution in [0.4, 0.5) is 16.2 Å². The molecule has 2 aliphatic heterocycles. The molecule has 0 bridgehead atoms. The highest BCUT2D eigenvalue weighted by Crippen LogP contribution is 2.40. The number of halogens is 2. The number of allylic oxidation sites excluding steroid dienone is 1. The van der Waals surface area contributed by atoms with Crippen LogP contribution in [0.25, 0.3) is 0 Å². The highest BCUT2D eigenvalue weighted by Gasteiger charge is 2.37. The number of fused-ring (bicyclic) bond motifs is 1. The van der Waals surface area contributed by atoms with Gasteiger partial charge in [0.1, 0.15) is 0 Å². The van der Waals surface area contributed by atoms with Crippen molar-refractivity contribution in [3.63, 3.8) is 0 Å². The zero-order valence-corrected chi connectivity index (χ0v) is 21.4. The Morgan fingerprint density at radius 2 is 1.82 bits per heavy atom. The van der Waals surface area contributed by atoms with Crippen LogP contribution in [-0.4, -0.2) is 53.3 Å². The molecule has 1 saturated heterocycles. The maximum absolute atomic E-state index is 13.1. The molecule has 0 aliphatic carbocycles. The third kappa shape index (κ3) is 5.19. The summed E-state index contributed by atoms with van der Waals surface area (Å²) in [5.41, 5.74) is 3.41. The second-order valence-electron chi connectivity index (χ2n) is 8.22. The van der Waals surface area contributed by atoms with Crippen molar-refractivity contribution in [2.75, 3.05) is 37.0 Å². The molecule has 0 radical (unpaired) electrons. The van der Waals surface area contributed by atoms with Crippen molar-refractivity contribution < 1.29 is 9.59 Å². The topological polar surface area (TPSA) is 77.0 Å². The van der Waals surface area contributed by atoms with Gasteiger partial charge in [-0.1, -0.05) is 47.1 Å². The van der Waals surface area contributed by atoms with E-state index >= 15 is 0 Å². The molecule has 10 heteroatoms. The number of amides is 3. The number of carbonyl (C=O) groups excluding carboxylic acids is 2. The van der Waals surface area contributed by atoms with Crippen molar-refractivity contribution in [1.29, 1.82) is 0 Å². The standard InChI is InChI=1S/C24H25Cl2N5O2S/c1-14-20(22(32)30(2)3)21(31-10-5-11-34-24(31)27-14)15-6-4-7-16(12-15)28-23(33)29-17-8-9-18(25)19(26)13-17/h4,6-9,12-13,21H,5,10-11H2,1-3H3,(H2,28,29,33)/t21-/m0/s1. The van der Waals surface area contributed by atoms with Gasteiger partial charge in [-0.05, 0) is 49.2 Å². The van der Waals surface area contributed by atoms with Crippen LogP contribution in [0, 0.1) is 0 Å². The zero-order valence-electron chi connectivity index (χ0n) is 19.1. The molecule has 0 saturated carbocycles. The Labute approximate surface area is 213 Å². The minimum Gasteiger partial charge on any atom is -0.345 e. The number of carbonyl (C=O) groups is 2. The third-order valence-corrected chi connectivity index (χ3v) is 7.35. The van der Waals surface area contributed by atoms with E-state index in [4.69, 9.17) is 28.2 Å². The number of likely N-dealkylation sites (N-methyl/N-ethyl adjacent to an activating group) is 1. The lowest BCUT2D eigenvalue weighted by Crippen LogP contribution is -2.43. The lowest BCUT2D eigenvalue weighted by Gasteiger charge is -2.41. The summed E-state index contributed by atoms with van der Waals surface area (Å²) in [5.74, 6) is 0.930. The molecule has 0 spiro atoms. The van der Waals surface area contributed by atoms with E-state index in [0.29, 0.717) is 27.0 Å². The van der Waals surface area contributed by atoms with Crippen LogP contribution >= 0.6 is 35.0 Å². The Balaban J connectivity index is 1.61. The van der Waals surface area contributed by atoms with E-state index in [9.17, 15) is 9.59 Å². The quantitative estimate of drug-likeness (QED) is 0.533. The Morgan fingerprint density at radius 1 is 1.09 bits per heavy atom. The van der Waals surface area contributed by atoms with Crippen LogP contribution in [-0.2, 0) is 4.79 Å². The highest BCUT2D eigenvalue weighted by atomic mass is 35.5. The smallest absolute Gasteiger partial charge is 0.323 e. The lowest BCUT2D eigenvalue weighted by atomic mass is 9.93. The van der Waals surface area contributed by atoms with Gasteiger partial charge in [0.15, 0.2) is 5.17 Å². The van der Waals surface area contributed by atoms with Gasteiger partial charge in [-0.3, -0.25) is 4.79 Å². The molecule has 34 heavy (non-hydrogen) atoms. The molecule has 2 aliphatic rings. The molecular weight excluding hydrogens is 493 g/mol. The first-order chi connectivity index (χ1) is 16.2. The zero-order chi connectivity index (χ0) is 24.4. The number of rotatable bonds is 4. The number of amidine groups is 1. The number of benzene rings is 2. The summed E-state index contributed by atoms with van der Waals surface area (Å²) in [5, 5.41) is 7.32. The SMILES string of the molecule is CC1=C(C(=O)N(C)C)[C@H](c2cccc(NC(=O)Nc3ccc(Cl)c(Cl)c3)c2)N2CCCSC2=N1. The van der Waals surface area contributed by atoms with Crippen molar-refractivity contribution >= 4 is 63.4 Å². The number of nitrogens with zero attached hydrogens (tertiary/aromatic N) is 3. The van der Waals surface area contributed by atoms with Crippen LogP contribution in [0.15, 0.2) is 58.7 Å². The Morgan fingerprint density at radius 3 is 2.53 bits per heavy atom. The number of hydrogen-bond acceptors (Lipinski definition) is 5. The van der Waals surface area contributed by atoms with Crippen LogP contribution in [0.3, 0.4) is 0 Å². The fourth-order valence-corrected chi connectivity index (χ4v) is 5.30. The summed E-state index contributed by atoms with van der Waals surface area (Å²) in [4.78, 5) is 34.3. The van der Waals surface area contributed by atoms with Crippen molar-refractivity contribution in [2.45, 2.75) is 19.4 Å².